The van der Waals surface area contributed by atoms with E-state index in [1.807, 2.05) is 43.1 Å². The van der Waals surface area contributed by atoms with Crippen LogP contribution in [-0.4, -0.2) is 43.6 Å². The van der Waals surface area contributed by atoms with Crippen molar-refractivity contribution in [2.24, 2.45) is 5.92 Å². The molecule has 6 heteroatoms. The third-order valence-electron chi connectivity index (χ3n) is 3.91. The van der Waals surface area contributed by atoms with Crippen LogP contribution >= 0.6 is 28.3 Å². The van der Waals surface area contributed by atoms with Crippen LogP contribution in [0.3, 0.4) is 0 Å². The van der Waals surface area contributed by atoms with Crippen molar-refractivity contribution < 1.29 is 9.53 Å². The molecule has 4 nitrogen and oxygen atoms in total. The Morgan fingerprint density at radius 1 is 1.41 bits per heavy atom. The van der Waals surface area contributed by atoms with Crippen LogP contribution in [0.1, 0.15) is 19.8 Å². The molecule has 1 fully saturated rings. The van der Waals surface area contributed by atoms with E-state index < -0.39 is 6.10 Å². The summed E-state index contributed by atoms with van der Waals surface area (Å²) in [7, 11) is 1.98. The van der Waals surface area contributed by atoms with Gasteiger partial charge in [-0.25, -0.2) is 0 Å². The van der Waals surface area contributed by atoms with Crippen LogP contribution in [0.5, 0.6) is 5.75 Å². The molecular formula is C16H24BrClN2O2. The van der Waals surface area contributed by atoms with Gasteiger partial charge in [-0.1, -0.05) is 12.1 Å². The van der Waals surface area contributed by atoms with Crippen molar-refractivity contribution >= 4 is 34.2 Å². The maximum Gasteiger partial charge on any atom is 0.263 e. The highest BCUT2D eigenvalue weighted by molar-refractivity contribution is 9.10. The van der Waals surface area contributed by atoms with Gasteiger partial charge in [-0.3, -0.25) is 4.79 Å². The summed E-state index contributed by atoms with van der Waals surface area (Å²) in [5.41, 5.74) is 0. The maximum absolute atomic E-state index is 12.4. The van der Waals surface area contributed by atoms with Crippen LogP contribution in [0.15, 0.2) is 28.7 Å². The fraction of sp³-hybridized carbons (Fsp3) is 0.562. The average molecular weight is 392 g/mol. The molecule has 0 radical (unpaired) electrons. The Labute approximate surface area is 147 Å². The monoisotopic (exact) mass is 390 g/mol. The zero-order valence-corrected chi connectivity index (χ0v) is 15.5. The highest BCUT2D eigenvalue weighted by atomic mass is 79.9. The van der Waals surface area contributed by atoms with Gasteiger partial charge in [-0.15, -0.1) is 12.4 Å². The number of carbonyl (C=O) groups is 1. The summed E-state index contributed by atoms with van der Waals surface area (Å²) in [6.07, 6.45) is 1.67. The molecule has 1 unspecified atom stereocenters. The van der Waals surface area contributed by atoms with Gasteiger partial charge in [-0.2, -0.15) is 0 Å². The lowest BCUT2D eigenvalue weighted by molar-refractivity contribution is -0.139. The Hall–Kier alpha value is -0.780. The molecule has 1 amide bonds. The molecule has 1 heterocycles. The lowest BCUT2D eigenvalue weighted by Crippen LogP contribution is -2.45. The number of hydrogen-bond donors (Lipinski definition) is 1. The van der Waals surface area contributed by atoms with E-state index in [0.29, 0.717) is 11.7 Å². The molecule has 0 aliphatic carbocycles. The molecule has 2 rings (SSSR count). The number of carbonyl (C=O) groups excluding carboxylic acids is 1. The van der Waals surface area contributed by atoms with Gasteiger partial charge < -0.3 is 15.0 Å². The van der Waals surface area contributed by atoms with E-state index >= 15 is 0 Å². The van der Waals surface area contributed by atoms with Crippen molar-refractivity contribution in [1.29, 1.82) is 0 Å². The molecule has 1 N–H and O–H groups in total. The molecule has 0 saturated carbocycles. The highest BCUT2D eigenvalue weighted by Crippen LogP contribution is 2.25. The standard InChI is InChI=1S/C16H23BrN2O2.ClH/c1-12(21-15-6-4-3-5-14(15)17)16(20)19-9-7-13(8-10-19)11-18-2;/h3-6,12-13,18H,7-11H2,1-2H3;1H. The minimum absolute atomic E-state index is 0. The average Bonchev–Trinajstić information content (AvgIpc) is 2.50. The van der Waals surface area contributed by atoms with Gasteiger partial charge in [0.15, 0.2) is 6.10 Å². The smallest absolute Gasteiger partial charge is 0.263 e. The number of piperidine rings is 1. The Morgan fingerprint density at radius 3 is 2.64 bits per heavy atom. The first-order valence-electron chi connectivity index (χ1n) is 7.46. The van der Waals surface area contributed by atoms with E-state index in [4.69, 9.17) is 4.74 Å². The number of rotatable bonds is 5. The summed E-state index contributed by atoms with van der Waals surface area (Å²) in [6.45, 7) is 4.51. The van der Waals surface area contributed by atoms with Gasteiger partial charge >= 0.3 is 0 Å². The third-order valence-corrected chi connectivity index (χ3v) is 4.56. The SMILES string of the molecule is CNCC1CCN(C(=O)C(C)Oc2ccccc2Br)CC1.Cl. The molecule has 1 aliphatic heterocycles. The molecule has 1 aromatic carbocycles. The number of ether oxygens (including phenoxy) is 1. The number of benzene rings is 1. The van der Waals surface area contributed by atoms with Crippen LogP contribution in [0.25, 0.3) is 0 Å². The van der Waals surface area contributed by atoms with Gasteiger partial charge in [0.05, 0.1) is 4.47 Å². The summed E-state index contributed by atoms with van der Waals surface area (Å²) < 4.78 is 6.66. The summed E-state index contributed by atoms with van der Waals surface area (Å²) in [5, 5.41) is 3.21. The van der Waals surface area contributed by atoms with Crippen LogP contribution in [0.4, 0.5) is 0 Å². The van der Waals surface area contributed by atoms with Crippen molar-refractivity contribution in [3.05, 3.63) is 28.7 Å². The third kappa shape index (κ3) is 5.14. The first-order chi connectivity index (χ1) is 10.1. The van der Waals surface area contributed by atoms with Gasteiger partial charge in [0.25, 0.3) is 5.91 Å². The Bertz CT molecular complexity index is 479. The van der Waals surface area contributed by atoms with Crippen molar-refractivity contribution in [2.75, 3.05) is 26.7 Å². The molecule has 124 valence electrons. The van der Waals surface area contributed by atoms with Crippen molar-refractivity contribution in [3.63, 3.8) is 0 Å². The highest BCUT2D eigenvalue weighted by Gasteiger charge is 2.26. The predicted octanol–water partition coefficient (Wildman–Crippen LogP) is 3.10. The molecule has 1 aromatic rings. The zero-order chi connectivity index (χ0) is 15.2. The van der Waals surface area contributed by atoms with Crippen LogP contribution in [0.2, 0.25) is 0 Å². The van der Waals surface area contributed by atoms with Gasteiger partial charge in [-0.05, 0) is 67.3 Å². The summed E-state index contributed by atoms with van der Waals surface area (Å²) in [5.74, 6) is 1.47. The number of para-hydroxylation sites is 1. The summed E-state index contributed by atoms with van der Waals surface area (Å²) in [6, 6.07) is 7.61. The van der Waals surface area contributed by atoms with Crippen molar-refractivity contribution in [2.45, 2.75) is 25.9 Å². The van der Waals surface area contributed by atoms with E-state index in [0.717, 1.165) is 36.9 Å². The summed E-state index contributed by atoms with van der Waals surface area (Å²) in [4.78, 5) is 14.4. The van der Waals surface area contributed by atoms with E-state index in [-0.39, 0.29) is 18.3 Å². The Kier molecular flexibility index (Phi) is 8.21. The number of likely N-dealkylation sites (tertiary alicyclic amines) is 1. The fourth-order valence-corrected chi connectivity index (χ4v) is 3.06. The quantitative estimate of drug-likeness (QED) is 0.838. The molecule has 22 heavy (non-hydrogen) atoms. The first kappa shape index (κ1) is 19.3. The molecule has 0 spiro atoms. The minimum atomic E-state index is -0.454. The molecule has 1 saturated heterocycles. The molecule has 1 atom stereocenters. The second-order valence-electron chi connectivity index (χ2n) is 5.52. The Morgan fingerprint density at radius 2 is 2.05 bits per heavy atom. The van der Waals surface area contributed by atoms with E-state index in [9.17, 15) is 4.79 Å². The van der Waals surface area contributed by atoms with Crippen molar-refractivity contribution in [1.82, 2.24) is 10.2 Å². The number of nitrogens with one attached hydrogen (secondary N) is 1. The van der Waals surface area contributed by atoms with E-state index in [2.05, 4.69) is 21.2 Å². The maximum atomic E-state index is 12.4. The van der Waals surface area contributed by atoms with Crippen LogP contribution < -0.4 is 10.1 Å². The zero-order valence-electron chi connectivity index (χ0n) is 13.0. The minimum Gasteiger partial charge on any atom is -0.480 e. The first-order valence-corrected chi connectivity index (χ1v) is 8.25. The predicted molar refractivity (Wildman–Crippen MR) is 94.7 cm³/mol. The molecular weight excluding hydrogens is 368 g/mol. The molecule has 0 bridgehead atoms. The topological polar surface area (TPSA) is 41.6 Å². The molecule has 1 aliphatic rings. The van der Waals surface area contributed by atoms with Gasteiger partial charge in [0.1, 0.15) is 5.75 Å². The summed E-state index contributed by atoms with van der Waals surface area (Å²) >= 11 is 3.44. The Balaban J connectivity index is 0.00000242. The van der Waals surface area contributed by atoms with Gasteiger partial charge in [0.2, 0.25) is 0 Å². The second-order valence-corrected chi connectivity index (χ2v) is 6.37. The largest absolute Gasteiger partial charge is 0.480 e. The van der Waals surface area contributed by atoms with Crippen LogP contribution in [-0.2, 0) is 4.79 Å². The lowest BCUT2D eigenvalue weighted by atomic mass is 9.96. The second kappa shape index (κ2) is 9.38. The van der Waals surface area contributed by atoms with Crippen molar-refractivity contribution in [3.8, 4) is 5.75 Å². The number of halogens is 2. The fourth-order valence-electron chi connectivity index (χ4n) is 2.68. The normalized spacial score (nSPS) is 16.8. The van der Waals surface area contributed by atoms with E-state index in [1.165, 1.54) is 0 Å². The number of hydrogen-bond acceptors (Lipinski definition) is 3. The van der Waals surface area contributed by atoms with Crippen LogP contribution in [0, 0.1) is 5.92 Å². The number of amides is 1. The lowest BCUT2D eigenvalue weighted by Gasteiger charge is -2.33. The number of nitrogens with zero attached hydrogens (tertiary/aromatic N) is 1. The van der Waals surface area contributed by atoms with E-state index in [1.54, 1.807) is 0 Å². The van der Waals surface area contributed by atoms with Gasteiger partial charge in [0, 0.05) is 13.1 Å². The molecule has 0 aromatic heterocycles.